The number of hydrogen-bond donors (Lipinski definition) is 2. The Bertz CT molecular complexity index is 626. The first-order valence-corrected chi connectivity index (χ1v) is 6.22. The lowest BCUT2D eigenvalue weighted by molar-refractivity contribution is 0.694. The van der Waals surface area contributed by atoms with Crippen LogP contribution < -0.4 is 5.32 Å². The van der Waals surface area contributed by atoms with E-state index in [9.17, 15) is 0 Å². The molecule has 0 unspecified atom stereocenters. The average molecular weight is 236 g/mol. The maximum atomic E-state index is 3.46. The van der Waals surface area contributed by atoms with Crippen molar-refractivity contribution >= 4 is 10.9 Å². The molecule has 0 aliphatic heterocycles. The summed E-state index contributed by atoms with van der Waals surface area (Å²) in [4.78, 5) is 3.21. The number of H-pyrrole nitrogens is 1. The molecular formula is C16H16N2. The lowest BCUT2D eigenvalue weighted by Gasteiger charge is -2.05. The number of fused-ring (bicyclic) bond motifs is 1. The summed E-state index contributed by atoms with van der Waals surface area (Å²) in [5.74, 6) is 0. The molecule has 0 amide bonds. The normalized spacial score (nSPS) is 10.9. The summed E-state index contributed by atoms with van der Waals surface area (Å²) < 4.78 is 0. The number of rotatable bonds is 4. The summed E-state index contributed by atoms with van der Waals surface area (Å²) in [5.41, 5.74) is 3.83. The second kappa shape index (κ2) is 5.07. The van der Waals surface area contributed by atoms with Crippen LogP contribution in [0.15, 0.2) is 60.8 Å². The molecule has 0 atom stereocenters. The molecule has 2 N–H and O–H groups in total. The van der Waals surface area contributed by atoms with Crippen LogP contribution in [0.5, 0.6) is 0 Å². The smallest absolute Gasteiger partial charge is 0.0454 e. The third-order valence-corrected chi connectivity index (χ3v) is 3.12. The van der Waals surface area contributed by atoms with Gasteiger partial charge >= 0.3 is 0 Å². The van der Waals surface area contributed by atoms with Crippen LogP contribution in [0, 0.1) is 0 Å². The van der Waals surface area contributed by atoms with E-state index >= 15 is 0 Å². The van der Waals surface area contributed by atoms with Crippen molar-refractivity contribution in [3.05, 3.63) is 71.9 Å². The SMILES string of the molecule is c1ccc(CNCc2ccc3[nH]ccc3c2)cc1. The highest BCUT2D eigenvalue weighted by Crippen LogP contribution is 2.14. The minimum atomic E-state index is 0.899. The Morgan fingerprint density at radius 1 is 0.833 bits per heavy atom. The Hall–Kier alpha value is -2.06. The zero-order valence-corrected chi connectivity index (χ0v) is 10.2. The number of benzene rings is 2. The fourth-order valence-electron chi connectivity index (χ4n) is 2.16. The number of hydrogen-bond acceptors (Lipinski definition) is 1. The van der Waals surface area contributed by atoms with Crippen LogP contribution in [0.2, 0.25) is 0 Å². The Labute approximate surface area is 107 Å². The van der Waals surface area contributed by atoms with Gasteiger partial charge in [0.25, 0.3) is 0 Å². The zero-order chi connectivity index (χ0) is 12.2. The van der Waals surface area contributed by atoms with E-state index in [4.69, 9.17) is 0 Å². The van der Waals surface area contributed by atoms with Crippen LogP contribution in [0.4, 0.5) is 0 Å². The maximum absolute atomic E-state index is 3.46. The Kier molecular flexibility index (Phi) is 3.11. The molecule has 2 aromatic carbocycles. The Balaban J connectivity index is 1.62. The largest absolute Gasteiger partial charge is 0.361 e. The summed E-state index contributed by atoms with van der Waals surface area (Å²) in [6, 6.07) is 19.1. The van der Waals surface area contributed by atoms with Gasteiger partial charge in [-0.15, -0.1) is 0 Å². The van der Waals surface area contributed by atoms with E-state index in [0.717, 1.165) is 13.1 Å². The van der Waals surface area contributed by atoms with E-state index in [-0.39, 0.29) is 0 Å². The summed E-state index contributed by atoms with van der Waals surface area (Å²) in [6.45, 7) is 1.81. The van der Waals surface area contributed by atoms with Crippen molar-refractivity contribution < 1.29 is 0 Å². The molecule has 0 fully saturated rings. The highest BCUT2D eigenvalue weighted by molar-refractivity contribution is 5.79. The van der Waals surface area contributed by atoms with Gasteiger partial charge in [0.2, 0.25) is 0 Å². The van der Waals surface area contributed by atoms with Crippen molar-refractivity contribution in [3.8, 4) is 0 Å². The summed E-state index contributed by atoms with van der Waals surface area (Å²) in [5, 5.41) is 4.74. The monoisotopic (exact) mass is 236 g/mol. The molecule has 1 aromatic heterocycles. The van der Waals surface area contributed by atoms with Crippen molar-refractivity contribution in [3.63, 3.8) is 0 Å². The molecule has 18 heavy (non-hydrogen) atoms. The summed E-state index contributed by atoms with van der Waals surface area (Å²) in [7, 11) is 0. The van der Waals surface area contributed by atoms with Crippen LogP contribution >= 0.6 is 0 Å². The van der Waals surface area contributed by atoms with Crippen molar-refractivity contribution in [1.29, 1.82) is 0 Å². The van der Waals surface area contributed by atoms with E-state index in [1.165, 1.54) is 22.0 Å². The number of aromatic amines is 1. The zero-order valence-electron chi connectivity index (χ0n) is 10.2. The molecule has 0 aliphatic rings. The van der Waals surface area contributed by atoms with Crippen molar-refractivity contribution in [1.82, 2.24) is 10.3 Å². The lowest BCUT2D eigenvalue weighted by Crippen LogP contribution is -2.12. The van der Waals surface area contributed by atoms with E-state index in [1.807, 2.05) is 12.3 Å². The van der Waals surface area contributed by atoms with Crippen LogP contribution in [0.1, 0.15) is 11.1 Å². The van der Waals surface area contributed by atoms with Gasteiger partial charge in [-0.3, -0.25) is 0 Å². The first-order valence-electron chi connectivity index (χ1n) is 6.22. The maximum Gasteiger partial charge on any atom is 0.0454 e. The topological polar surface area (TPSA) is 27.8 Å². The molecule has 0 radical (unpaired) electrons. The van der Waals surface area contributed by atoms with Crippen LogP contribution in [0.3, 0.4) is 0 Å². The molecule has 1 heterocycles. The number of nitrogens with one attached hydrogen (secondary N) is 2. The van der Waals surface area contributed by atoms with Gasteiger partial charge < -0.3 is 10.3 Å². The molecule has 2 nitrogen and oxygen atoms in total. The predicted molar refractivity (Wildman–Crippen MR) is 75.3 cm³/mol. The predicted octanol–water partition coefficient (Wildman–Crippen LogP) is 3.46. The third kappa shape index (κ3) is 2.44. The minimum absolute atomic E-state index is 0.899. The fraction of sp³-hybridized carbons (Fsp3) is 0.125. The average Bonchev–Trinajstić information content (AvgIpc) is 2.87. The van der Waals surface area contributed by atoms with Crippen LogP contribution in [-0.4, -0.2) is 4.98 Å². The first-order chi connectivity index (χ1) is 8.92. The van der Waals surface area contributed by atoms with Gasteiger partial charge in [-0.2, -0.15) is 0 Å². The Morgan fingerprint density at radius 3 is 2.56 bits per heavy atom. The second-order valence-corrected chi connectivity index (χ2v) is 4.49. The molecule has 0 saturated carbocycles. The summed E-state index contributed by atoms with van der Waals surface area (Å²) in [6.07, 6.45) is 1.98. The van der Waals surface area contributed by atoms with Gasteiger partial charge in [-0.25, -0.2) is 0 Å². The molecular weight excluding hydrogens is 220 g/mol. The van der Waals surface area contributed by atoms with Crippen LogP contribution in [-0.2, 0) is 13.1 Å². The van der Waals surface area contributed by atoms with Crippen LogP contribution in [0.25, 0.3) is 10.9 Å². The van der Waals surface area contributed by atoms with Gasteiger partial charge in [0.15, 0.2) is 0 Å². The van der Waals surface area contributed by atoms with E-state index < -0.39 is 0 Å². The molecule has 3 aromatic rings. The third-order valence-electron chi connectivity index (χ3n) is 3.12. The van der Waals surface area contributed by atoms with Gasteiger partial charge in [0.05, 0.1) is 0 Å². The number of aromatic nitrogens is 1. The summed E-state index contributed by atoms with van der Waals surface area (Å²) >= 11 is 0. The van der Waals surface area contributed by atoms with E-state index in [1.54, 1.807) is 0 Å². The quantitative estimate of drug-likeness (QED) is 0.713. The molecule has 0 bridgehead atoms. The van der Waals surface area contributed by atoms with Gasteiger partial charge in [-0.05, 0) is 34.7 Å². The molecule has 0 aliphatic carbocycles. The molecule has 90 valence electrons. The van der Waals surface area contributed by atoms with E-state index in [0.29, 0.717) is 0 Å². The molecule has 0 spiro atoms. The first kappa shape index (κ1) is 11.1. The van der Waals surface area contributed by atoms with Crippen molar-refractivity contribution in [2.45, 2.75) is 13.1 Å². The van der Waals surface area contributed by atoms with Crippen molar-refractivity contribution in [2.75, 3.05) is 0 Å². The minimum Gasteiger partial charge on any atom is -0.361 e. The standard InChI is InChI=1S/C16H16N2/c1-2-4-13(5-3-1)11-17-12-14-6-7-16-15(10-14)8-9-18-16/h1-10,17-18H,11-12H2. The Morgan fingerprint density at radius 2 is 1.67 bits per heavy atom. The van der Waals surface area contributed by atoms with Gasteiger partial charge in [0, 0.05) is 24.8 Å². The molecule has 0 saturated heterocycles. The van der Waals surface area contributed by atoms with Gasteiger partial charge in [-0.1, -0.05) is 36.4 Å². The fourth-order valence-corrected chi connectivity index (χ4v) is 2.16. The highest BCUT2D eigenvalue weighted by atomic mass is 14.8. The van der Waals surface area contributed by atoms with E-state index in [2.05, 4.69) is 58.8 Å². The van der Waals surface area contributed by atoms with Crippen molar-refractivity contribution in [2.24, 2.45) is 0 Å². The highest BCUT2D eigenvalue weighted by Gasteiger charge is 1.97. The molecule has 3 rings (SSSR count). The molecule has 2 heteroatoms. The lowest BCUT2D eigenvalue weighted by atomic mass is 10.1. The van der Waals surface area contributed by atoms with Gasteiger partial charge in [0.1, 0.15) is 0 Å². The second-order valence-electron chi connectivity index (χ2n) is 4.49.